The minimum absolute atomic E-state index is 0.0163. The summed E-state index contributed by atoms with van der Waals surface area (Å²) in [5, 5.41) is 16.3. The summed E-state index contributed by atoms with van der Waals surface area (Å²) in [5.41, 5.74) is 1.53. The van der Waals surface area contributed by atoms with Crippen molar-refractivity contribution < 1.29 is 28.8 Å². The van der Waals surface area contributed by atoms with Gasteiger partial charge >= 0.3 is 11.9 Å². The van der Waals surface area contributed by atoms with E-state index >= 15 is 0 Å². The Labute approximate surface area is 191 Å². The third kappa shape index (κ3) is 9.48. The lowest BCUT2D eigenvalue weighted by Crippen LogP contribution is -2.45. The third-order valence-corrected chi connectivity index (χ3v) is 4.61. The maximum atomic E-state index is 12.6. The summed E-state index contributed by atoms with van der Waals surface area (Å²) >= 11 is 0. The highest BCUT2D eigenvalue weighted by molar-refractivity contribution is 5.86. The zero-order valence-electron chi connectivity index (χ0n) is 18.3. The molecule has 2 aromatic rings. The van der Waals surface area contributed by atoms with E-state index in [4.69, 9.17) is 9.47 Å². The largest absolute Gasteiger partial charge is 0.465 e. The maximum Gasteiger partial charge on any atom is 0.325 e. The van der Waals surface area contributed by atoms with Gasteiger partial charge in [0.1, 0.15) is 13.2 Å². The Morgan fingerprint density at radius 2 is 1.67 bits per heavy atom. The van der Waals surface area contributed by atoms with E-state index in [1.807, 2.05) is 30.3 Å². The Balaban J connectivity index is 1.92. The van der Waals surface area contributed by atoms with Crippen LogP contribution >= 0.6 is 0 Å². The normalized spacial score (nSPS) is 11.3. The molecule has 0 saturated heterocycles. The zero-order valence-corrected chi connectivity index (χ0v) is 18.3. The van der Waals surface area contributed by atoms with Gasteiger partial charge in [0.2, 0.25) is 5.91 Å². The predicted octanol–water partition coefficient (Wildman–Crippen LogP) is 2.26. The first-order valence-corrected chi connectivity index (χ1v) is 10.5. The fourth-order valence-corrected chi connectivity index (χ4v) is 2.87. The number of carbonyl (C=O) groups excluding carboxylic acids is 3. The molecule has 33 heavy (non-hydrogen) atoms. The number of nitro benzene ring substituents is 1. The Kier molecular flexibility index (Phi) is 10.5. The summed E-state index contributed by atoms with van der Waals surface area (Å²) in [5.74, 6) is -1.50. The van der Waals surface area contributed by atoms with Gasteiger partial charge in [-0.3, -0.25) is 24.5 Å². The fourth-order valence-electron chi connectivity index (χ4n) is 2.87. The van der Waals surface area contributed by atoms with Crippen molar-refractivity contribution in [3.05, 3.63) is 75.8 Å². The molecule has 0 aromatic heterocycles. The second-order valence-corrected chi connectivity index (χ2v) is 7.06. The molecule has 0 bridgehead atoms. The minimum atomic E-state index is -0.793. The number of amides is 1. The Hall–Kier alpha value is -3.79. The molecule has 176 valence electrons. The summed E-state index contributed by atoms with van der Waals surface area (Å²) in [4.78, 5) is 46.6. The van der Waals surface area contributed by atoms with Gasteiger partial charge in [-0.1, -0.05) is 42.5 Å². The lowest BCUT2D eigenvalue weighted by Gasteiger charge is -2.18. The van der Waals surface area contributed by atoms with Crippen LogP contribution < -0.4 is 10.6 Å². The van der Waals surface area contributed by atoms with Gasteiger partial charge in [0.15, 0.2) is 0 Å². The molecule has 10 heteroatoms. The lowest BCUT2D eigenvalue weighted by molar-refractivity contribution is -0.384. The van der Waals surface area contributed by atoms with E-state index in [1.54, 1.807) is 19.1 Å². The Morgan fingerprint density at radius 1 is 0.970 bits per heavy atom. The molecule has 0 heterocycles. The van der Waals surface area contributed by atoms with Crippen molar-refractivity contribution in [1.29, 1.82) is 0 Å². The van der Waals surface area contributed by atoms with Crippen molar-refractivity contribution in [1.82, 2.24) is 10.6 Å². The zero-order chi connectivity index (χ0) is 24.1. The number of nitrogens with zero attached hydrogens (tertiary/aromatic N) is 1. The number of nitro groups is 1. The number of hydrogen-bond acceptors (Lipinski definition) is 8. The average molecular weight is 457 g/mol. The maximum absolute atomic E-state index is 12.6. The van der Waals surface area contributed by atoms with E-state index in [1.165, 1.54) is 12.1 Å². The highest BCUT2D eigenvalue weighted by atomic mass is 16.6. The Morgan fingerprint density at radius 3 is 2.30 bits per heavy atom. The highest BCUT2D eigenvalue weighted by Gasteiger charge is 2.21. The van der Waals surface area contributed by atoms with Crippen LogP contribution in [0.2, 0.25) is 0 Å². The van der Waals surface area contributed by atoms with Crippen molar-refractivity contribution in [2.75, 3.05) is 13.2 Å². The summed E-state index contributed by atoms with van der Waals surface area (Å²) < 4.78 is 10.1. The number of rotatable bonds is 13. The molecule has 1 amide bonds. The van der Waals surface area contributed by atoms with Gasteiger partial charge in [-0.2, -0.15) is 0 Å². The first-order valence-electron chi connectivity index (χ1n) is 10.5. The van der Waals surface area contributed by atoms with Crippen molar-refractivity contribution in [2.45, 2.75) is 39.0 Å². The van der Waals surface area contributed by atoms with Crippen LogP contribution in [-0.4, -0.2) is 42.0 Å². The molecule has 0 spiro atoms. The number of hydrogen-bond donors (Lipinski definition) is 2. The molecule has 0 aliphatic rings. The molecule has 0 aliphatic heterocycles. The van der Waals surface area contributed by atoms with Crippen LogP contribution in [0.3, 0.4) is 0 Å². The van der Waals surface area contributed by atoms with Crippen LogP contribution in [-0.2, 0) is 37.0 Å². The summed E-state index contributed by atoms with van der Waals surface area (Å²) in [6.07, 6.45) is 0.118. The van der Waals surface area contributed by atoms with Gasteiger partial charge < -0.3 is 20.1 Å². The first kappa shape index (κ1) is 25.5. The second-order valence-electron chi connectivity index (χ2n) is 7.06. The molecule has 0 radical (unpaired) electrons. The third-order valence-electron chi connectivity index (χ3n) is 4.61. The van der Waals surface area contributed by atoms with Gasteiger partial charge in [0, 0.05) is 25.1 Å². The minimum Gasteiger partial charge on any atom is -0.465 e. The number of nitrogens with one attached hydrogen (secondary N) is 2. The van der Waals surface area contributed by atoms with E-state index in [-0.39, 0.29) is 44.8 Å². The first-order chi connectivity index (χ1) is 15.9. The summed E-state index contributed by atoms with van der Waals surface area (Å²) in [6.45, 7) is 1.93. The quantitative estimate of drug-likeness (QED) is 0.265. The molecule has 2 rings (SSSR count). The van der Waals surface area contributed by atoms with E-state index in [0.717, 1.165) is 11.1 Å². The average Bonchev–Trinajstić information content (AvgIpc) is 2.82. The molecule has 0 aliphatic carbocycles. The van der Waals surface area contributed by atoms with Crippen LogP contribution in [0.15, 0.2) is 54.6 Å². The van der Waals surface area contributed by atoms with Crippen LogP contribution in [0, 0.1) is 10.1 Å². The number of esters is 2. The van der Waals surface area contributed by atoms with Gasteiger partial charge in [-0.25, -0.2) is 0 Å². The van der Waals surface area contributed by atoms with Crippen LogP contribution in [0.5, 0.6) is 0 Å². The van der Waals surface area contributed by atoms with Crippen molar-refractivity contribution in [3.8, 4) is 0 Å². The molecule has 0 saturated carbocycles. The SMILES string of the molecule is CCOC(=O)CNC(=O)C(CCC(=O)OCc1ccccc1)NCc1ccc([N+](=O)[O-])cc1. The van der Waals surface area contributed by atoms with Crippen LogP contribution in [0.1, 0.15) is 30.9 Å². The monoisotopic (exact) mass is 457 g/mol. The molecule has 1 unspecified atom stereocenters. The smallest absolute Gasteiger partial charge is 0.325 e. The van der Waals surface area contributed by atoms with E-state index in [2.05, 4.69) is 10.6 Å². The topological polar surface area (TPSA) is 137 Å². The standard InChI is InChI=1S/C23H27N3O7/c1-2-32-22(28)15-25-23(29)20(24-14-17-8-10-19(11-9-17)26(30)31)12-13-21(27)33-16-18-6-4-3-5-7-18/h3-11,20,24H,2,12-16H2,1H3,(H,25,29). The predicted molar refractivity (Wildman–Crippen MR) is 119 cm³/mol. The fraction of sp³-hybridized carbons (Fsp3) is 0.348. The molecule has 1 atom stereocenters. The van der Waals surface area contributed by atoms with Crippen LogP contribution in [0.25, 0.3) is 0 Å². The lowest BCUT2D eigenvalue weighted by atomic mass is 10.1. The van der Waals surface area contributed by atoms with Crippen LogP contribution in [0.4, 0.5) is 5.69 Å². The van der Waals surface area contributed by atoms with E-state index < -0.39 is 28.8 Å². The summed E-state index contributed by atoms with van der Waals surface area (Å²) in [7, 11) is 0. The van der Waals surface area contributed by atoms with Gasteiger partial charge in [-0.15, -0.1) is 0 Å². The molecular formula is C23H27N3O7. The summed E-state index contributed by atoms with van der Waals surface area (Å²) in [6, 6.07) is 14.3. The number of benzene rings is 2. The highest BCUT2D eigenvalue weighted by Crippen LogP contribution is 2.12. The number of carbonyl (C=O) groups is 3. The van der Waals surface area contributed by atoms with Crippen molar-refractivity contribution in [2.24, 2.45) is 0 Å². The van der Waals surface area contributed by atoms with Gasteiger partial charge in [-0.05, 0) is 24.5 Å². The van der Waals surface area contributed by atoms with Crippen molar-refractivity contribution in [3.63, 3.8) is 0 Å². The van der Waals surface area contributed by atoms with E-state index in [9.17, 15) is 24.5 Å². The molecule has 2 aromatic carbocycles. The van der Waals surface area contributed by atoms with Gasteiger partial charge in [0.25, 0.3) is 5.69 Å². The Bertz CT molecular complexity index is 933. The van der Waals surface area contributed by atoms with Gasteiger partial charge in [0.05, 0.1) is 17.6 Å². The molecule has 0 fully saturated rings. The van der Waals surface area contributed by atoms with E-state index in [0.29, 0.717) is 0 Å². The van der Waals surface area contributed by atoms with Crippen molar-refractivity contribution >= 4 is 23.5 Å². The second kappa shape index (κ2) is 13.6. The number of non-ortho nitro benzene ring substituents is 1. The molecule has 10 nitrogen and oxygen atoms in total. The number of ether oxygens (including phenoxy) is 2. The molecule has 2 N–H and O–H groups in total. The molecular weight excluding hydrogens is 430 g/mol.